The zero-order valence-electron chi connectivity index (χ0n) is 16.9. The van der Waals surface area contributed by atoms with Crippen molar-refractivity contribution in [1.82, 2.24) is 5.01 Å². The van der Waals surface area contributed by atoms with Gasteiger partial charge in [-0.1, -0.05) is 11.2 Å². The molecular formula is C21H24N4O3S. The number of rotatable bonds is 3. The first-order chi connectivity index (χ1) is 14.0. The fraction of sp³-hybridized carbons (Fsp3) is 0.333. The Hall–Kier alpha value is -2.87. The number of benzene rings is 2. The van der Waals surface area contributed by atoms with Crippen LogP contribution in [-0.2, 0) is 11.3 Å². The number of hydrogen-bond donors (Lipinski definition) is 1. The summed E-state index contributed by atoms with van der Waals surface area (Å²) in [5.74, 6) is 1.87. The normalized spacial score (nSPS) is 18.3. The number of amidine groups is 1. The van der Waals surface area contributed by atoms with Crippen molar-refractivity contribution >= 4 is 28.3 Å². The van der Waals surface area contributed by atoms with Crippen LogP contribution in [0.1, 0.15) is 29.2 Å². The fourth-order valence-electron chi connectivity index (χ4n) is 3.54. The van der Waals surface area contributed by atoms with E-state index < -0.39 is 0 Å². The smallest absolute Gasteiger partial charge is 0.226 e. The summed E-state index contributed by atoms with van der Waals surface area (Å²) < 4.78 is 11.1. The minimum Gasteiger partial charge on any atom is -0.493 e. The number of methoxy groups -OCH3 is 2. The average molecular weight is 413 g/mol. The van der Waals surface area contributed by atoms with E-state index in [9.17, 15) is 0 Å². The van der Waals surface area contributed by atoms with Crippen molar-refractivity contribution in [1.29, 1.82) is 0 Å². The molecule has 2 aromatic carbocycles. The Labute approximate surface area is 174 Å². The van der Waals surface area contributed by atoms with Crippen LogP contribution >= 0.6 is 11.8 Å². The molecule has 152 valence electrons. The Morgan fingerprint density at radius 1 is 1.17 bits per heavy atom. The third-order valence-electron chi connectivity index (χ3n) is 5.13. The van der Waals surface area contributed by atoms with E-state index in [-0.39, 0.29) is 6.04 Å². The van der Waals surface area contributed by atoms with Crippen LogP contribution in [0.25, 0.3) is 0 Å². The summed E-state index contributed by atoms with van der Waals surface area (Å²) in [6.07, 6.45) is 0.774. The minimum absolute atomic E-state index is 0.0900. The Balaban J connectivity index is 1.93. The number of hydrogen-bond acceptors (Lipinski definition) is 8. The van der Waals surface area contributed by atoms with Gasteiger partial charge in [-0.3, -0.25) is 0 Å². The van der Waals surface area contributed by atoms with Crippen LogP contribution in [-0.4, -0.2) is 42.1 Å². The number of nitrogens with two attached hydrogens (primary N) is 1. The van der Waals surface area contributed by atoms with Gasteiger partial charge in [0.05, 0.1) is 26.0 Å². The SMILES string of the molecule is COc1cc2c(cc1OC)C(c1ccc(N)c(C)c1)=NN(C1=NOCS1)[C@H](C)C2. The highest BCUT2D eigenvalue weighted by molar-refractivity contribution is 8.13. The van der Waals surface area contributed by atoms with Gasteiger partial charge in [-0.05, 0) is 67.4 Å². The number of ether oxygens (including phenoxy) is 2. The van der Waals surface area contributed by atoms with Crippen molar-refractivity contribution in [3.8, 4) is 11.5 Å². The van der Waals surface area contributed by atoms with Crippen molar-refractivity contribution in [3.05, 3.63) is 52.6 Å². The molecule has 2 heterocycles. The van der Waals surface area contributed by atoms with E-state index in [0.717, 1.165) is 45.2 Å². The molecule has 0 saturated carbocycles. The van der Waals surface area contributed by atoms with Gasteiger partial charge >= 0.3 is 0 Å². The molecule has 7 nitrogen and oxygen atoms in total. The van der Waals surface area contributed by atoms with Gasteiger partial charge in [-0.2, -0.15) is 5.10 Å². The van der Waals surface area contributed by atoms with Gasteiger partial charge in [-0.25, -0.2) is 5.01 Å². The van der Waals surface area contributed by atoms with Crippen LogP contribution in [0.4, 0.5) is 5.69 Å². The Morgan fingerprint density at radius 3 is 2.59 bits per heavy atom. The van der Waals surface area contributed by atoms with Crippen LogP contribution in [0.15, 0.2) is 40.6 Å². The van der Waals surface area contributed by atoms with E-state index in [1.807, 2.05) is 36.2 Å². The lowest BCUT2D eigenvalue weighted by Crippen LogP contribution is -2.33. The van der Waals surface area contributed by atoms with Gasteiger partial charge in [-0.15, -0.1) is 0 Å². The van der Waals surface area contributed by atoms with Crippen molar-refractivity contribution in [2.75, 3.05) is 25.9 Å². The zero-order chi connectivity index (χ0) is 20.5. The molecule has 4 rings (SSSR count). The van der Waals surface area contributed by atoms with Gasteiger partial charge in [0.25, 0.3) is 0 Å². The highest BCUT2D eigenvalue weighted by atomic mass is 32.2. The topological polar surface area (TPSA) is 81.7 Å². The molecular weight excluding hydrogens is 388 g/mol. The molecule has 2 aliphatic rings. The Bertz CT molecular complexity index is 1010. The highest BCUT2D eigenvalue weighted by Gasteiger charge is 2.29. The van der Waals surface area contributed by atoms with E-state index in [2.05, 4.69) is 18.1 Å². The lowest BCUT2D eigenvalue weighted by molar-refractivity contribution is 0.198. The monoisotopic (exact) mass is 412 g/mol. The first-order valence-corrected chi connectivity index (χ1v) is 10.3. The van der Waals surface area contributed by atoms with Crippen LogP contribution in [0.2, 0.25) is 0 Å². The molecule has 2 N–H and O–H groups in total. The molecule has 0 aliphatic carbocycles. The first-order valence-electron chi connectivity index (χ1n) is 9.34. The summed E-state index contributed by atoms with van der Waals surface area (Å²) in [7, 11) is 3.29. The number of thioether (sulfide) groups is 1. The maximum absolute atomic E-state index is 6.05. The lowest BCUT2D eigenvalue weighted by Gasteiger charge is -2.23. The van der Waals surface area contributed by atoms with Gasteiger partial charge in [0, 0.05) is 16.8 Å². The summed E-state index contributed by atoms with van der Waals surface area (Å²) in [4.78, 5) is 5.21. The molecule has 2 aromatic rings. The number of hydrazone groups is 1. The average Bonchev–Trinajstić information content (AvgIpc) is 3.20. The molecule has 0 fully saturated rings. The fourth-order valence-corrected chi connectivity index (χ4v) is 4.21. The summed E-state index contributed by atoms with van der Waals surface area (Å²) >= 11 is 1.54. The molecule has 2 aliphatic heterocycles. The molecule has 0 amide bonds. The van der Waals surface area contributed by atoms with Gasteiger partial charge in [0.1, 0.15) is 0 Å². The predicted octanol–water partition coefficient (Wildman–Crippen LogP) is 3.59. The quantitative estimate of drug-likeness (QED) is 0.776. The van der Waals surface area contributed by atoms with Crippen LogP contribution < -0.4 is 15.2 Å². The highest BCUT2D eigenvalue weighted by Crippen LogP contribution is 2.35. The predicted molar refractivity (Wildman–Crippen MR) is 117 cm³/mol. The van der Waals surface area contributed by atoms with Crippen LogP contribution in [0.5, 0.6) is 11.5 Å². The van der Waals surface area contributed by atoms with Crippen LogP contribution in [0, 0.1) is 6.92 Å². The number of anilines is 1. The second kappa shape index (κ2) is 7.87. The van der Waals surface area contributed by atoms with E-state index in [4.69, 9.17) is 25.1 Å². The summed E-state index contributed by atoms with van der Waals surface area (Å²) in [5.41, 5.74) is 11.8. The van der Waals surface area contributed by atoms with E-state index >= 15 is 0 Å². The van der Waals surface area contributed by atoms with Crippen molar-refractivity contribution in [2.24, 2.45) is 10.3 Å². The second-order valence-corrected chi connectivity index (χ2v) is 7.94. The zero-order valence-corrected chi connectivity index (χ0v) is 17.7. The maximum Gasteiger partial charge on any atom is 0.226 e. The molecule has 0 unspecified atom stereocenters. The lowest BCUT2D eigenvalue weighted by atomic mass is 9.93. The third-order valence-corrected chi connectivity index (χ3v) is 5.87. The Morgan fingerprint density at radius 2 is 1.93 bits per heavy atom. The van der Waals surface area contributed by atoms with Crippen molar-refractivity contribution in [3.63, 3.8) is 0 Å². The second-order valence-electron chi connectivity index (χ2n) is 7.05. The number of aryl methyl sites for hydroxylation is 1. The third kappa shape index (κ3) is 3.60. The van der Waals surface area contributed by atoms with Gasteiger partial charge < -0.3 is 20.0 Å². The molecule has 0 radical (unpaired) electrons. The summed E-state index contributed by atoms with van der Waals surface area (Å²) in [5, 5.41) is 11.9. The first kappa shape index (κ1) is 19.4. The largest absolute Gasteiger partial charge is 0.493 e. The minimum atomic E-state index is 0.0900. The molecule has 0 bridgehead atoms. The number of oxime groups is 1. The molecule has 0 saturated heterocycles. The number of nitrogens with zero attached hydrogens (tertiary/aromatic N) is 3. The summed E-state index contributed by atoms with van der Waals surface area (Å²) in [6.45, 7) is 4.12. The number of fused-ring (bicyclic) bond motifs is 1. The molecule has 8 heteroatoms. The van der Waals surface area contributed by atoms with E-state index in [0.29, 0.717) is 17.4 Å². The Kier molecular flexibility index (Phi) is 5.27. The molecule has 1 atom stereocenters. The number of nitrogen functional groups attached to an aromatic ring is 1. The molecule has 0 spiro atoms. The molecule has 29 heavy (non-hydrogen) atoms. The molecule has 0 aromatic heterocycles. The standard InChI is InChI=1S/C21H24N4O3S/c1-12-7-14(5-6-17(12)22)20-16-10-19(27-4)18(26-3)9-15(16)8-13(2)25(23-20)21-24-28-11-29-21/h5-7,9-10,13H,8,11,22H2,1-4H3/t13-/m1/s1. The summed E-state index contributed by atoms with van der Waals surface area (Å²) in [6, 6.07) is 10.1. The van der Waals surface area contributed by atoms with E-state index in [1.54, 1.807) is 14.2 Å². The van der Waals surface area contributed by atoms with Gasteiger partial charge in [0.2, 0.25) is 5.17 Å². The van der Waals surface area contributed by atoms with Crippen molar-refractivity contribution < 1.29 is 14.3 Å². The van der Waals surface area contributed by atoms with Crippen LogP contribution in [0.3, 0.4) is 0 Å². The maximum atomic E-state index is 6.05. The van der Waals surface area contributed by atoms with Crippen molar-refractivity contribution in [2.45, 2.75) is 26.3 Å². The van der Waals surface area contributed by atoms with Gasteiger partial charge in [0.15, 0.2) is 17.4 Å². The van der Waals surface area contributed by atoms with E-state index in [1.165, 1.54) is 11.8 Å².